The minimum atomic E-state index is -0.138. The number of hydrogen-bond donors (Lipinski definition) is 1. The largest absolute Gasteiger partial charge is 0.495 e. The maximum absolute atomic E-state index is 12.6. The molecule has 0 atom stereocenters. The van der Waals surface area contributed by atoms with Gasteiger partial charge in [-0.3, -0.25) is 4.79 Å². The van der Waals surface area contributed by atoms with Gasteiger partial charge in [-0.05, 0) is 41.5 Å². The molecule has 1 N–H and O–H groups in total. The summed E-state index contributed by atoms with van der Waals surface area (Å²) in [6, 6.07) is 19.3. The molecule has 0 spiro atoms. The molecule has 0 aliphatic carbocycles. The minimum absolute atomic E-state index is 0.138. The molecule has 0 bridgehead atoms. The van der Waals surface area contributed by atoms with Gasteiger partial charge in [0.25, 0.3) is 5.91 Å². The van der Waals surface area contributed by atoms with E-state index in [1.807, 2.05) is 67.6 Å². The Kier molecular flexibility index (Phi) is 3.79. The van der Waals surface area contributed by atoms with Gasteiger partial charge in [0.15, 0.2) is 0 Å². The van der Waals surface area contributed by atoms with Crippen LogP contribution < -0.4 is 10.1 Å². The first kappa shape index (κ1) is 14.1. The van der Waals surface area contributed by atoms with Crippen LogP contribution in [0.3, 0.4) is 0 Å². The predicted octanol–water partition coefficient (Wildman–Crippen LogP) is 4.41. The molecule has 0 aliphatic rings. The highest BCUT2D eigenvalue weighted by atomic mass is 16.5. The Morgan fingerprint density at radius 3 is 2.59 bits per heavy atom. The van der Waals surface area contributed by atoms with Gasteiger partial charge in [-0.1, -0.05) is 42.5 Å². The second-order valence-corrected chi connectivity index (χ2v) is 5.18. The summed E-state index contributed by atoms with van der Waals surface area (Å²) in [6.45, 7) is 1.98. The normalized spacial score (nSPS) is 10.5. The predicted molar refractivity (Wildman–Crippen MR) is 89.6 cm³/mol. The van der Waals surface area contributed by atoms with Crippen molar-refractivity contribution in [1.29, 1.82) is 0 Å². The lowest BCUT2D eigenvalue weighted by Gasteiger charge is -2.12. The minimum Gasteiger partial charge on any atom is -0.495 e. The lowest BCUT2D eigenvalue weighted by molar-refractivity contribution is 0.102. The van der Waals surface area contributed by atoms with Gasteiger partial charge in [0.2, 0.25) is 0 Å². The van der Waals surface area contributed by atoms with Crippen molar-refractivity contribution < 1.29 is 9.53 Å². The third kappa shape index (κ3) is 2.66. The maximum Gasteiger partial charge on any atom is 0.256 e. The summed E-state index contributed by atoms with van der Waals surface area (Å²) < 4.78 is 5.31. The first-order valence-corrected chi connectivity index (χ1v) is 7.13. The molecular formula is C19H17NO2. The summed E-state index contributed by atoms with van der Waals surface area (Å²) >= 11 is 0. The van der Waals surface area contributed by atoms with Crippen molar-refractivity contribution in [3.63, 3.8) is 0 Å². The van der Waals surface area contributed by atoms with Crippen LogP contribution in [0.4, 0.5) is 5.69 Å². The molecule has 3 rings (SSSR count). The smallest absolute Gasteiger partial charge is 0.256 e. The molecule has 0 radical (unpaired) electrons. The topological polar surface area (TPSA) is 38.3 Å². The van der Waals surface area contributed by atoms with Crippen molar-refractivity contribution >= 4 is 22.4 Å². The Labute approximate surface area is 129 Å². The number of anilines is 1. The lowest BCUT2D eigenvalue weighted by atomic mass is 10.0. The molecule has 1 amide bonds. The van der Waals surface area contributed by atoms with Gasteiger partial charge in [-0.25, -0.2) is 0 Å². The summed E-state index contributed by atoms with van der Waals surface area (Å²) in [6.07, 6.45) is 0. The monoisotopic (exact) mass is 291 g/mol. The van der Waals surface area contributed by atoms with Crippen molar-refractivity contribution in [2.75, 3.05) is 12.4 Å². The van der Waals surface area contributed by atoms with Crippen LogP contribution in [0.2, 0.25) is 0 Å². The van der Waals surface area contributed by atoms with E-state index in [2.05, 4.69) is 5.32 Å². The summed E-state index contributed by atoms with van der Waals surface area (Å²) in [4.78, 5) is 12.6. The molecule has 22 heavy (non-hydrogen) atoms. The molecule has 110 valence electrons. The Morgan fingerprint density at radius 2 is 1.77 bits per heavy atom. The number of fused-ring (bicyclic) bond motifs is 1. The number of nitrogens with one attached hydrogen (secondary N) is 1. The molecule has 3 aromatic rings. The SMILES string of the molecule is COc1ccc(C)cc1NC(=O)c1cccc2ccccc12. The fourth-order valence-electron chi connectivity index (χ4n) is 2.53. The van der Waals surface area contributed by atoms with Crippen molar-refractivity contribution in [1.82, 2.24) is 0 Å². The Balaban J connectivity index is 1.99. The first-order valence-electron chi connectivity index (χ1n) is 7.13. The van der Waals surface area contributed by atoms with Crippen LogP contribution in [-0.4, -0.2) is 13.0 Å². The standard InChI is InChI=1S/C19H17NO2/c1-13-10-11-18(22-2)17(12-13)20-19(21)16-9-5-7-14-6-3-4-8-15(14)16/h3-12H,1-2H3,(H,20,21). The van der Waals surface area contributed by atoms with Crippen molar-refractivity contribution in [2.24, 2.45) is 0 Å². The van der Waals surface area contributed by atoms with Gasteiger partial charge < -0.3 is 10.1 Å². The molecule has 0 unspecified atom stereocenters. The van der Waals surface area contributed by atoms with Gasteiger partial charge >= 0.3 is 0 Å². The zero-order valence-corrected chi connectivity index (χ0v) is 12.6. The summed E-state index contributed by atoms with van der Waals surface area (Å²) in [5.74, 6) is 0.514. The summed E-state index contributed by atoms with van der Waals surface area (Å²) in [7, 11) is 1.60. The number of ether oxygens (including phenoxy) is 1. The molecule has 3 nitrogen and oxygen atoms in total. The molecular weight excluding hydrogens is 274 g/mol. The number of hydrogen-bond acceptors (Lipinski definition) is 2. The zero-order chi connectivity index (χ0) is 15.5. The van der Waals surface area contributed by atoms with Crippen LogP contribution in [0.1, 0.15) is 15.9 Å². The molecule has 3 aromatic carbocycles. The van der Waals surface area contributed by atoms with E-state index in [-0.39, 0.29) is 5.91 Å². The lowest BCUT2D eigenvalue weighted by Crippen LogP contribution is -2.13. The third-order valence-electron chi connectivity index (χ3n) is 3.64. The summed E-state index contributed by atoms with van der Waals surface area (Å²) in [5, 5.41) is 4.93. The van der Waals surface area contributed by atoms with Crippen molar-refractivity contribution in [3.8, 4) is 5.75 Å². The van der Waals surface area contributed by atoms with Crippen molar-refractivity contribution in [3.05, 3.63) is 71.8 Å². The van der Waals surface area contributed by atoms with Crippen molar-refractivity contribution in [2.45, 2.75) is 6.92 Å². The molecule has 0 heterocycles. The number of carbonyl (C=O) groups is 1. The highest BCUT2D eigenvalue weighted by Gasteiger charge is 2.12. The molecule has 0 saturated carbocycles. The van der Waals surface area contributed by atoms with Crippen LogP contribution in [-0.2, 0) is 0 Å². The van der Waals surface area contributed by atoms with Gasteiger partial charge in [0.1, 0.15) is 5.75 Å². The van der Waals surface area contributed by atoms with Crippen LogP contribution in [0, 0.1) is 6.92 Å². The average molecular weight is 291 g/mol. The number of rotatable bonds is 3. The van der Waals surface area contributed by atoms with E-state index < -0.39 is 0 Å². The van der Waals surface area contributed by atoms with Crippen LogP contribution in [0.25, 0.3) is 10.8 Å². The fourth-order valence-corrected chi connectivity index (χ4v) is 2.53. The Morgan fingerprint density at radius 1 is 1.00 bits per heavy atom. The van der Waals surface area contributed by atoms with Crippen LogP contribution in [0.15, 0.2) is 60.7 Å². The van der Waals surface area contributed by atoms with Gasteiger partial charge in [-0.2, -0.15) is 0 Å². The Bertz CT molecular complexity index is 834. The van der Waals surface area contributed by atoms with Crippen LogP contribution >= 0.6 is 0 Å². The number of carbonyl (C=O) groups excluding carboxylic acids is 1. The quantitative estimate of drug-likeness (QED) is 0.776. The van der Waals surface area contributed by atoms with Gasteiger partial charge in [0.05, 0.1) is 12.8 Å². The van der Waals surface area contributed by atoms with Crippen LogP contribution in [0.5, 0.6) is 5.75 Å². The zero-order valence-electron chi connectivity index (χ0n) is 12.6. The van der Waals surface area contributed by atoms with E-state index in [1.54, 1.807) is 7.11 Å². The number of methoxy groups -OCH3 is 1. The second-order valence-electron chi connectivity index (χ2n) is 5.18. The number of benzene rings is 3. The molecule has 0 aliphatic heterocycles. The molecule has 0 saturated heterocycles. The van der Waals surface area contributed by atoms with Gasteiger partial charge in [-0.15, -0.1) is 0 Å². The second kappa shape index (κ2) is 5.90. The van der Waals surface area contributed by atoms with E-state index in [0.29, 0.717) is 17.0 Å². The fraction of sp³-hybridized carbons (Fsp3) is 0.105. The van der Waals surface area contributed by atoms with E-state index in [9.17, 15) is 4.79 Å². The summed E-state index contributed by atoms with van der Waals surface area (Å²) in [5.41, 5.74) is 2.40. The molecule has 3 heteroatoms. The Hall–Kier alpha value is -2.81. The molecule has 0 fully saturated rings. The highest BCUT2D eigenvalue weighted by molar-refractivity contribution is 6.13. The third-order valence-corrected chi connectivity index (χ3v) is 3.64. The van der Waals surface area contributed by atoms with E-state index >= 15 is 0 Å². The number of amides is 1. The van der Waals surface area contributed by atoms with E-state index in [4.69, 9.17) is 4.74 Å². The van der Waals surface area contributed by atoms with E-state index in [1.165, 1.54) is 0 Å². The van der Waals surface area contributed by atoms with E-state index in [0.717, 1.165) is 16.3 Å². The first-order chi connectivity index (χ1) is 10.7. The highest BCUT2D eigenvalue weighted by Crippen LogP contribution is 2.27. The van der Waals surface area contributed by atoms with Gasteiger partial charge in [0, 0.05) is 5.56 Å². The molecule has 0 aromatic heterocycles. The average Bonchev–Trinajstić information content (AvgIpc) is 2.54. The maximum atomic E-state index is 12.6. The number of aryl methyl sites for hydroxylation is 1.